The summed E-state index contributed by atoms with van der Waals surface area (Å²) in [5.74, 6) is 0.887. The lowest BCUT2D eigenvalue weighted by Gasteiger charge is -2.13. The maximum Gasteiger partial charge on any atom is 0.255 e. The first-order chi connectivity index (χ1) is 12.6. The lowest BCUT2D eigenvalue weighted by Crippen LogP contribution is -2.13. The molecule has 0 spiro atoms. The summed E-state index contributed by atoms with van der Waals surface area (Å²) in [5.41, 5.74) is 6.09. The topological polar surface area (TPSA) is 60.5 Å². The van der Waals surface area contributed by atoms with Gasteiger partial charge in [0.2, 0.25) is 0 Å². The Balaban J connectivity index is 1.74. The molecule has 5 nitrogen and oxygen atoms in total. The molecule has 0 aliphatic heterocycles. The molecule has 0 fully saturated rings. The van der Waals surface area contributed by atoms with Crippen molar-refractivity contribution in [2.45, 2.75) is 20.5 Å². The fourth-order valence-electron chi connectivity index (χ4n) is 2.54. The molecule has 0 saturated carbocycles. The van der Waals surface area contributed by atoms with Gasteiger partial charge in [0.05, 0.1) is 18.3 Å². The minimum Gasteiger partial charge on any atom is -0.493 e. The van der Waals surface area contributed by atoms with E-state index in [2.05, 4.69) is 10.3 Å². The Morgan fingerprint density at radius 3 is 2.69 bits per heavy atom. The number of ether oxygens (including phenoxy) is 2. The third-order valence-corrected chi connectivity index (χ3v) is 4.55. The molecule has 1 heterocycles. The van der Waals surface area contributed by atoms with Gasteiger partial charge in [0, 0.05) is 16.6 Å². The summed E-state index contributed by atoms with van der Waals surface area (Å²) in [6, 6.07) is 11.0. The Labute approximate surface area is 156 Å². The van der Waals surface area contributed by atoms with Crippen LogP contribution in [0, 0.1) is 13.8 Å². The SMILES string of the molecule is COc1cc(C(=O)Nc2ccc(C)cc2C)ccc1OCc1cscn1. The average Bonchev–Trinajstić information content (AvgIpc) is 3.15. The van der Waals surface area contributed by atoms with Crippen LogP contribution in [0.4, 0.5) is 5.69 Å². The maximum atomic E-state index is 12.6. The van der Waals surface area contributed by atoms with E-state index in [4.69, 9.17) is 9.47 Å². The number of thiazole rings is 1. The van der Waals surface area contributed by atoms with Gasteiger partial charge in [0.15, 0.2) is 11.5 Å². The molecule has 1 N–H and O–H groups in total. The quantitative estimate of drug-likeness (QED) is 0.691. The third-order valence-electron chi connectivity index (χ3n) is 3.91. The molecule has 3 rings (SSSR count). The Kier molecular flexibility index (Phi) is 5.53. The molecule has 6 heteroatoms. The highest BCUT2D eigenvalue weighted by Crippen LogP contribution is 2.29. The molecule has 0 bridgehead atoms. The van der Waals surface area contributed by atoms with Crippen molar-refractivity contribution in [3.05, 3.63) is 69.7 Å². The summed E-state index contributed by atoms with van der Waals surface area (Å²) in [7, 11) is 1.55. The van der Waals surface area contributed by atoms with Crippen molar-refractivity contribution >= 4 is 22.9 Å². The number of nitrogens with one attached hydrogen (secondary N) is 1. The van der Waals surface area contributed by atoms with Crippen LogP contribution in [-0.4, -0.2) is 18.0 Å². The minimum atomic E-state index is -0.193. The Bertz CT molecular complexity index is 907. The number of rotatable bonds is 6. The fourth-order valence-corrected chi connectivity index (χ4v) is 3.08. The highest BCUT2D eigenvalue weighted by Gasteiger charge is 2.13. The molecule has 134 valence electrons. The number of aryl methyl sites for hydroxylation is 2. The van der Waals surface area contributed by atoms with Crippen molar-refractivity contribution in [3.8, 4) is 11.5 Å². The van der Waals surface area contributed by atoms with Crippen LogP contribution in [0.2, 0.25) is 0 Å². The molecule has 1 amide bonds. The van der Waals surface area contributed by atoms with E-state index in [1.165, 1.54) is 11.3 Å². The van der Waals surface area contributed by atoms with E-state index in [1.807, 2.05) is 37.4 Å². The second-order valence-electron chi connectivity index (χ2n) is 5.91. The molecule has 26 heavy (non-hydrogen) atoms. The first-order valence-electron chi connectivity index (χ1n) is 8.13. The smallest absolute Gasteiger partial charge is 0.255 e. The van der Waals surface area contributed by atoms with E-state index in [0.717, 1.165) is 22.5 Å². The number of anilines is 1. The van der Waals surface area contributed by atoms with E-state index in [1.54, 1.807) is 30.8 Å². The fraction of sp³-hybridized carbons (Fsp3) is 0.200. The number of benzene rings is 2. The first-order valence-corrected chi connectivity index (χ1v) is 9.07. The predicted molar refractivity (Wildman–Crippen MR) is 103 cm³/mol. The van der Waals surface area contributed by atoms with Crippen molar-refractivity contribution in [2.75, 3.05) is 12.4 Å². The van der Waals surface area contributed by atoms with Gasteiger partial charge in [-0.3, -0.25) is 4.79 Å². The van der Waals surface area contributed by atoms with E-state index in [-0.39, 0.29) is 5.91 Å². The lowest BCUT2D eigenvalue weighted by atomic mass is 10.1. The first kappa shape index (κ1) is 17.9. The molecule has 0 aliphatic rings. The lowest BCUT2D eigenvalue weighted by molar-refractivity contribution is 0.102. The van der Waals surface area contributed by atoms with E-state index >= 15 is 0 Å². The minimum absolute atomic E-state index is 0.193. The van der Waals surface area contributed by atoms with Crippen LogP contribution in [0.15, 0.2) is 47.3 Å². The molecule has 0 radical (unpaired) electrons. The monoisotopic (exact) mass is 368 g/mol. The molecular weight excluding hydrogens is 348 g/mol. The van der Waals surface area contributed by atoms with Gasteiger partial charge in [-0.2, -0.15) is 0 Å². The second kappa shape index (κ2) is 8.01. The van der Waals surface area contributed by atoms with Gasteiger partial charge < -0.3 is 14.8 Å². The summed E-state index contributed by atoms with van der Waals surface area (Å²) >= 11 is 1.52. The van der Waals surface area contributed by atoms with E-state index in [9.17, 15) is 4.79 Å². The van der Waals surface area contributed by atoms with Gasteiger partial charge in [-0.25, -0.2) is 4.98 Å². The van der Waals surface area contributed by atoms with Crippen LogP contribution in [0.25, 0.3) is 0 Å². The highest BCUT2D eigenvalue weighted by atomic mass is 32.1. The van der Waals surface area contributed by atoms with Gasteiger partial charge >= 0.3 is 0 Å². The summed E-state index contributed by atoms with van der Waals surface area (Å²) in [4.78, 5) is 16.7. The second-order valence-corrected chi connectivity index (χ2v) is 6.63. The molecule has 2 aromatic carbocycles. The van der Waals surface area contributed by atoms with Crippen LogP contribution in [0.3, 0.4) is 0 Å². The van der Waals surface area contributed by atoms with Crippen molar-refractivity contribution < 1.29 is 14.3 Å². The number of carbonyl (C=O) groups excluding carboxylic acids is 1. The molecule has 1 aromatic heterocycles. The molecule has 0 atom stereocenters. The number of aromatic nitrogens is 1. The van der Waals surface area contributed by atoms with Crippen LogP contribution >= 0.6 is 11.3 Å². The number of nitrogens with zero attached hydrogens (tertiary/aromatic N) is 1. The number of carbonyl (C=O) groups is 1. The van der Waals surface area contributed by atoms with Gasteiger partial charge in [0.25, 0.3) is 5.91 Å². The Morgan fingerprint density at radius 2 is 2.00 bits per heavy atom. The van der Waals surface area contributed by atoms with Crippen molar-refractivity contribution in [3.63, 3.8) is 0 Å². The molecule has 0 saturated heterocycles. The van der Waals surface area contributed by atoms with Crippen molar-refractivity contribution in [2.24, 2.45) is 0 Å². The van der Waals surface area contributed by atoms with Crippen LogP contribution < -0.4 is 14.8 Å². The average molecular weight is 368 g/mol. The van der Waals surface area contributed by atoms with Gasteiger partial charge in [-0.15, -0.1) is 11.3 Å². The summed E-state index contributed by atoms with van der Waals surface area (Å²) in [6.45, 7) is 4.35. The Morgan fingerprint density at radius 1 is 1.15 bits per heavy atom. The largest absolute Gasteiger partial charge is 0.493 e. The maximum absolute atomic E-state index is 12.6. The summed E-state index contributed by atoms with van der Waals surface area (Å²) in [6.07, 6.45) is 0. The summed E-state index contributed by atoms with van der Waals surface area (Å²) in [5, 5.41) is 4.86. The van der Waals surface area contributed by atoms with Crippen LogP contribution in [-0.2, 0) is 6.61 Å². The van der Waals surface area contributed by atoms with Gasteiger partial charge in [0.1, 0.15) is 6.61 Å². The third kappa shape index (κ3) is 4.21. The number of methoxy groups -OCH3 is 1. The number of amides is 1. The van der Waals surface area contributed by atoms with Crippen LogP contribution in [0.5, 0.6) is 11.5 Å². The highest BCUT2D eigenvalue weighted by molar-refractivity contribution is 7.07. The van der Waals surface area contributed by atoms with Gasteiger partial charge in [-0.1, -0.05) is 17.7 Å². The number of hydrogen-bond acceptors (Lipinski definition) is 5. The van der Waals surface area contributed by atoms with Crippen LogP contribution in [0.1, 0.15) is 27.2 Å². The zero-order chi connectivity index (χ0) is 18.5. The normalized spacial score (nSPS) is 10.4. The van der Waals surface area contributed by atoms with Gasteiger partial charge in [-0.05, 0) is 43.7 Å². The zero-order valence-electron chi connectivity index (χ0n) is 14.9. The van der Waals surface area contributed by atoms with Crippen molar-refractivity contribution in [1.29, 1.82) is 0 Å². The van der Waals surface area contributed by atoms with E-state index in [0.29, 0.717) is 23.7 Å². The molecule has 0 unspecified atom stereocenters. The molecule has 0 aliphatic carbocycles. The van der Waals surface area contributed by atoms with E-state index < -0.39 is 0 Å². The Hall–Kier alpha value is -2.86. The summed E-state index contributed by atoms with van der Waals surface area (Å²) < 4.78 is 11.1. The number of hydrogen-bond donors (Lipinski definition) is 1. The zero-order valence-corrected chi connectivity index (χ0v) is 15.7. The molecule has 3 aromatic rings. The van der Waals surface area contributed by atoms with Crippen molar-refractivity contribution in [1.82, 2.24) is 4.98 Å². The molecular formula is C20H20N2O3S. The predicted octanol–water partition coefficient (Wildman–Crippen LogP) is 4.60. The standard InChI is InChI=1S/C20H20N2O3S/c1-13-4-6-17(14(2)8-13)22-20(23)15-5-7-18(19(9-15)24-3)25-10-16-11-26-12-21-16/h4-9,11-12H,10H2,1-3H3,(H,22,23).